The molecule has 0 amide bonds. The van der Waals surface area contributed by atoms with E-state index in [-0.39, 0.29) is 6.04 Å². The van der Waals surface area contributed by atoms with Crippen LogP contribution in [0, 0.1) is 6.92 Å². The molecule has 0 N–H and O–H groups in total. The van der Waals surface area contributed by atoms with Gasteiger partial charge in [-0.25, -0.2) is 9.97 Å². The molecule has 0 aliphatic carbocycles. The van der Waals surface area contributed by atoms with Crippen molar-refractivity contribution in [3.63, 3.8) is 0 Å². The summed E-state index contributed by atoms with van der Waals surface area (Å²) in [7, 11) is 0. The van der Waals surface area contributed by atoms with E-state index in [1.807, 2.05) is 17.4 Å². The SMILES string of the molecule is Cc1ccc(CC(C)n2c(CCl)nc3cc(Cl)cnc32)s1. The minimum absolute atomic E-state index is 0.246. The van der Waals surface area contributed by atoms with Crippen molar-refractivity contribution in [2.75, 3.05) is 0 Å². The molecule has 0 radical (unpaired) electrons. The van der Waals surface area contributed by atoms with Crippen LogP contribution >= 0.6 is 34.5 Å². The van der Waals surface area contributed by atoms with Crippen molar-refractivity contribution in [3.05, 3.63) is 45.0 Å². The van der Waals surface area contributed by atoms with Crippen LogP contribution in [0.3, 0.4) is 0 Å². The molecule has 3 rings (SSSR count). The summed E-state index contributed by atoms with van der Waals surface area (Å²) in [4.78, 5) is 11.7. The van der Waals surface area contributed by atoms with Crippen molar-refractivity contribution in [1.82, 2.24) is 14.5 Å². The Bertz CT molecular complexity index is 778. The Labute approximate surface area is 137 Å². The van der Waals surface area contributed by atoms with Gasteiger partial charge in [0.1, 0.15) is 11.3 Å². The lowest BCUT2D eigenvalue weighted by Gasteiger charge is -2.15. The summed E-state index contributed by atoms with van der Waals surface area (Å²) in [6, 6.07) is 6.41. The maximum Gasteiger partial charge on any atom is 0.160 e. The fourth-order valence-electron chi connectivity index (χ4n) is 2.54. The van der Waals surface area contributed by atoms with Gasteiger partial charge in [-0.15, -0.1) is 22.9 Å². The van der Waals surface area contributed by atoms with Crippen molar-refractivity contribution >= 4 is 45.7 Å². The lowest BCUT2D eigenvalue weighted by atomic mass is 10.2. The first kappa shape index (κ1) is 14.8. The molecule has 3 heterocycles. The molecular formula is C15H15Cl2N3S. The zero-order valence-corrected chi connectivity index (χ0v) is 14.1. The number of imidazole rings is 1. The fraction of sp³-hybridized carbons (Fsp3) is 0.333. The lowest BCUT2D eigenvalue weighted by molar-refractivity contribution is 0.544. The summed E-state index contributed by atoms with van der Waals surface area (Å²) in [6.45, 7) is 4.29. The van der Waals surface area contributed by atoms with Gasteiger partial charge in [-0.2, -0.15) is 0 Å². The minimum atomic E-state index is 0.246. The minimum Gasteiger partial charge on any atom is -0.308 e. The Morgan fingerprint density at radius 1 is 1.38 bits per heavy atom. The number of halogens is 2. The average molecular weight is 340 g/mol. The highest BCUT2D eigenvalue weighted by Gasteiger charge is 2.17. The standard InChI is InChI=1S/C15H15Cl2N3S/c1-9(5-12-4-3-10(2)21-12)20-14(7-16)19-13-6-11(17)8-18-15(13)20/h3-4,6,8-9H,5,7H2,1-2H3. The summed E-state index contributed by atoms with van der Waals surface area (Å²) in [6.07, 6.45) is 2.60. The molecule has 0 spiro atoms. The zero-order valence-electron chi connectivity index (χ0n) is 11.8. The molecule has 1 atom stereocenters. The second-order valence-electron chi connectivity index (χ2n) is 5.09. The Morgan fingerprint density at radius 3 is 2.86 bits per heavy atom. The van der Waals surface area contributed by atoms with E-state index in [1.165, 1.54) is 9.75 Å². The predicted octanol–water partition coefficient (Wildman–Crippen LogP) is 5.00. The average Bonchev–Trinajstić information content (AvgIpc) is 3.01. The molecule has 110 valence electrons. The van der Waals surface area contributed by atoms with Crippen LogP contribution in [0.5, 0.6) is 0 Å². The zero-order chi connectivity index (χ0) is 15.0. The molecule has 1 unspecified atom stereocenters. The number of nitrogens with zero attached hydrogens (tertiary/aromatic N) is 3. The van der Waals surface area contributed by atoms with Crippen LogP contribution < -0.4 is 0 Å². The number of alkyl halides is 1. The molecular weight excluding hydrogens is 325 g/mol. The summed E-state index contributed by atoms with van der Waals surface area (Å²) in [5.41, 5.74) is 1.64. The molecule has 6 heteroatoms. The third-order valence-electron chi connectivity index (χ3n) is 3.42. The van der Waals surface area contributed by atoms with E-state index < -0.39 is 0 Å². The van der Waals surface area contributed by atoms with E-state index in [0.717, 1.165) is 23.4 Å². The van der Waals surface area contributed by atoms with E-state index in [4.69, 9.17) is 23.2 Å². The van der Waals surface area contributed by atoms with Gasteiger partial charge in [0.25, 0.3) is 0 Å². The van der Waals surface area contributed by atoms with Gasteiger partial charge in [-0.1, -0.05) is 11.6 Å². The second-order valence-corrected chi connectivity index (χ2v) is 7.17. The maximum absolute atomic E-state index is 6.05. The molecule has 0 aliphatic heterocycles. The number of aryl methyl sites for hydroxylation is 1. The molecule has 3 aromatic rings. The molecule has 0 saturated heterocycles. The number of thiophene rings is 1. The monoisotopic (exact) mass is 339 g/mol. The van der Waals surface area contributed by atoms with Gasteiger partial charge in [0, 0.05) is 28.4 Å². The third-order valence-corrected chi connectivity index (χ3v) is 4.89. The lowest BCUT2D eigenvalue weighted by Crippen LogP contribution is -2.11. The predicted molar refractivity (Wildman–Crippen MR) is 89.6 cm³/mol. The molecule has 0 bridgehead atoms. The van der Waals surface area contributed by atoms with Gasteiger partial charge in [-0.05, 0) is 32.0 Å². The van der Waals surface area contributed by atoms with Crippen LogP contribution in [0.4, 0.5) is 0 Å². The van der Waals surface area contributed by atoms with Crippen LogP contribution in [-0.4, -0.2) is 14.5 Å². The van der Waals surface area contributed by atoms with E-state index in [2.05, 4.69) is 40.5 Å². The molecule has 21 heavy (non-hydrogen) atoms. The largest absolute Gasteiger partial charge is 0.308 e. The summed E-state index contributed by atoms with van der Waals surface area (Å²) in [5.74, 6) is 1.20. The molecule has 0 aromatic carbocycles. The number of hydrogen-bond donors (Lipinski definition) is 0. The van der Waals surface area contributed by atoms with Crippen LogP contribution in [-0.2, 0) is 12.3 Å². The van der Waals surface area contributed by atoms with Crippen molar-refractivity contribution in [2.24, 2.45) is 0 Å². The van der Waals surface area contributed by atoms with Crippen molar-refractivity contribution in [2.45, 2.75) is 32.2 Å². The van der Waals surface area contributed by atoms with Crippen molar-refractivity contribution in [3.8, 4) is 0 Å². The molecule has 0 aliphatic rings. The number of fused-ring (bicyclic) bond motifs is 1. The summed E-state index contributed by atoms with van der Waals surface area (Å²) < 4.78 is 2.12. The fourth-order valence-corrected chi connectivity index (χ4v) is 3.89. The van der Waals surface area contributed by atoms with Crippen LogP contribution in [0.15, 0.2) is 24.4 Å². The van der Waals surface area contributed by atoms with Crippen molar-refractivity contribution in [1.29, 1.82) is 0 Å². The highest BCUT2D eigenvalue weighted by molar-refractivity contribution is 7.11. The first-order valence-electron chi connectivity index (χ1n) is 6.72. The molecule has 0 saturated carbocycles. The van der Waals surface area contributed by atoms with Gasteiger partial charge in [0.05, 0.1) is 10.9 Å². The van der Waals surface area contributed by atoms with Gasteiger partial charge in [0.2, 0.25) is 0 Å². The van der Waals surface area contributed by atoms with Crippen LogP contribution in [0.2, 0.25) is 5.02 Å². The van der Waals surface area contributed by atoms with Crippen LogP contribution in [0.1, 0.15) is 28.5 Å². The number of rotatable bonds is 4. The van der Waals surface area contributed by atoms with E-state index in [1.54, 1.807) is 6.20 Å². The number of aromatic nitrogens is 3. The van der Waals surface area contributed by atoms with Crippen molar-refractivity contribution < 1.29 is 0 Å². The van der Waals surface area contributed by atoms with E-state index in [9.17, 15) is 0 Å². The molecule has 0 fully saturated rings. The maximum atomic E-state index is 6.05. The number of hydrogen-bond acceptors (Lipinski definition) is 3. The Kier molecular flexibility index (Phi) is 4.20. The Morgan fingerprint density at radius 2 is 2.19 bits per heavy atom. The van der Waals surface area contributed by atoms with Crippen LogP contribution in [0.25, 0.3) is 11.2 Å². The Balaban J connectivity index is 2.01. The first-order valence-corrected chi connectivity index (χ1v) is 8.45. The smallest absolute Gasteiger partial charge is 0.160 e. The van der Waals surface area contributed by atoms with Gasteiger partial charge in [0.15, 0.2) is 5.65 Å². The highest BCUT2D eigenvalue weighted by Crippen LogP contribution is 2.27. The molecule has 3 aromatic heterocycles. The van der Waals surface area contributed by atoms with E-state index in [0.29, 0.717) is 10.9 Å². The topological polar surface area (TPSA) is 30.7 Å². The van der Waals surface area contributed by atoms with E-state index >= 15 is 0 Å². The quantitative estimate of drug-likeness (QED) is 0.626. The number of pyridine rings is 1. The summed E-state index contributed by atoms with van der Waals surface area (Å²) in [5, 5.41) is 0.592. The van der Waals surface area contributed by atoms with Gasteiger partial charge < -0.3 is 4.57 Å². The first-order chi connectivity index (χ1) is 10.1. The third kappa shape index (κ3) is 2.93. The second kappa shape index (κ2) is 5.95. The summed E-state index contributed by atoms with van der Waals surface area (Å²) >= 11 is 13.9. The normalized spacial score (nSPS) is 13.0. The molecule has 3 nitrogen and oxygen atoms in total. The highest BCUT2D eigenvalue weighted by atomic mass is 35.5. The van der Waals surface area contributed by atoms with Gasteiger partial charge in [-0.3, -0.25) is 0 Å². The van der Waals surface area contributed by atoms with Gasteiger partial charge >= 0.3 is 0 Å². The Hall–Kier alpha value is -1.10.